The molecule has 0 aliphatic heterocycles. The van der Waals surface area contributed by atoms with E-state index in [9.17, 15) is 13.2 Å². The first-order valence-electron chi connectivity index (χ1n) is 9.23. The monoisotopic (exact) mass is 409 g/mol. The topological polar surface area (TPSA) is 88.2 Å². The van der Waals surface area contributed by atoms with Crippen LogP contribution >= 0.6 is 0 Å². The molecule has 3 rings (SSSR count). The fraction of sp³-hybridized carbons (Fsp3) is 0.182. The summed E-state index contributed by atoms with van der Waals surface area (Å²) < 4.78 is 28.2. The predicted molar refractivity (Wildman–Crippen MR) is 112 cm³/mol. The van der Waals surface area contributed by atoms with E-state index >= 15 is 0 Å². The van der Waals surface area contributed by atoms with Gasteiger partial charge < -0.3 is 5.32 Å². The third kappa shape index (κ3) is 5.97. The highest BCUT2D eigenvalue weighted by atomic mass is 32.2. The third-order valence-corrected chi connectivity index (χ3v) is 5.93. The lowest BCUT2D eigenvalue weighted by molar-refractivity contribution is -0.122. The molecule has 1 unspecified atom stereocenters. The largest absolute Gasteiger partial charge is 0.351 e. The third-order valence-electron chi connectivity index (χ3n) is 4.44. The highest BCUT2D eigenvalue weighted by molar-refractivity contribution is 7.89. The van der Waals surface area contributed by atoms with Gasteiger partial charge in [0.15, 0.2) is 0 Å². The zero-order valence-corrected chi connectivity index (χ0v) is 16.9. The maximum atomic E-state index is 12.8. The summed E-state index contributed by atoms with van der Waals surface area (Å²) in [6.45, 7) is 2.17. The van der Waals surface area contributed by atoms with E-state index in [0.29, 0.717) is 6.54 Å². The van der Waals surface area contributed by atoms with Gasteiger partial charge >= 0.3 is 0 Å². The van der Waals surface area contributed by atoms with Gasteiger partial charge in [0, 0.05) is 18.9 Å². The van der Waals surface area contributed by atoms with Gasteiger partial charge in [-0.05, 0) is 48.7 Å². The molecule has 0 fully saturated rings. The van der Waals surface area contributed by atoms with Crippen molar-refractivity contribution in [3.05, 3.63) is 95.8 Å². The van der Waals surface area contributed by atoms with Crippen LogP contribution < -0.4 is 10.0 Å². The molecule has 29 heavy (non-hydrogen) atoms. The quantitative estimate of drug-likeness (QED) is 0.599. The summed E-state index contributed by atoms with van der Waals surface area (Å²) in [5, 5.41) is 2.81. The van der Waals surface area contributed by atoms with Gasteiger partial charge in [-0.2, -0.15) is 4.72 Å². The Morgan fingerprint density at radius 3 is 2.24 bits per heavy atom. The normalized spacial score (nSPS) is 12.3. The summed E-state index contributed by atoms with van der Waals surface area (Å²) in [5.41, 5.74) is 2.70. The Balaban J connectivity index is 1.78. The van der Waals surface area contributed by atoms with Crippen LogP contribution in [0.25, 0.3) is 0 Å². The molecule has 0 aliphatic carbocycles. The minimum Gasteiger partial charge on any atom is -0.351 e. The van der Waals surface area contributed by atoms with Crippen molar-refractivity contribution >= 4 is 15.9 Å². The lowest BCUT2D eigenvalue weighted by atomic mass is 10.1. The Bertz CT molecular complexity index is 1040. The number of hydrogen-bond donors (Lipinski definition) is 2. The number of carbonyl (C=O) groups is 1. The maximum absolute atomic E-state index is 12.8. The number of aromatic nitrogens is 1. The van der Waals surface area contributed by atoms with Crippen LogP contribution in [0.1, 0.15) is 16.7 Å². The molecule has 7 heteroatoms. The van der Waals surface area contributed by atoms with Crippen molar-refractivity contribution in [2.24, 2.45) is 0 Å². The Kier molecular flexibility index (Phi) is 6.74. The van der Waals surface area contributed by atoms with Crippen molar-refractivity contribution in [3.8, 4) is 0 Å². The number of benzene rings is 2. The average molecular weight is 410 g/mol. The van der Waals surface area contributed by atoms with Crippen LogP contribution in [0.3, 0.4) is 0 Å². The number of sulfonamides is 1. The Morgan fingerprint density at radius 2 is 1.59 bits per heavy atom. The summed E-state index contributed by atoms with van der Waals surface area (Å²) in [4.78, 5) is 16.9. The van der Waals surface area contributed by atoms with Gasteiger partial charge in [0.1, 0.15) is 6.04 Å². The Morgan fingerprint density at radius 1 is 0.931 bits per heavy atom. The zero-order valence-electron chi connectivity index (χ0n) is 16.1. The van der Waals surface area contributed by atoms with Crippen molar-refractivity contribution in [3.63, 3.8) is 0 Å². The minimum atomic E-state index is -3.85. The first-order valence-corrected chi connectivity index (χ1v) is 10.7. The lowest BCUT2D eigenvalue weighted by Crippen LogP contribution is -2.47. The van der Waals surface area contributed by atoms with Crippen molar-refractivity contribution in [2.45, 2.75) is 30.8 Å². The first kappa shape index (κ1) is 20.7. The molecule has 0 spiro atoms. The highest BCUT2D eigenvalue weighted by Gasteiger charge is 2.26. The van der Waals surface area contributed by atoms with Crippen molar-refractivity contribution in [1.82, 2.24) is 15.0 Å². The van der Waals surface area contributed by atoms with E-state index in [2.05, 4.69) is 15.0 Å². The van der Waals surface area contributed by atoms with Crippen LogP contribution in [0, 0.1) is 6.92 Å². The molecule has 2 aromatic carbocycles. The van der Waals surface area contributed by atoms with Gasteiger partial charge in [-0.3, -0.25) is 9.78 Å². The van der Waals surface area contributed by atoms with E-state index in [-0.39, 0.29) is 17.2 Å². The highest BCUT2D eigenvalue weighted by Crippen LogP contribution is 2.12. The van der Waals surface area contributed by atoms with Crippen LogP contribution in [0.15, 0.2) is 84.0 Å². The summed E-state index contributed by atoms with van der Waals surface area (Å²) in [5.74, 6) is -0.388. The van der Waals surface area contributed by atoms with Gasteiger partial charge in [-0.25, -0.2) is 8.42 Å². The van der Waals surface area contributed by atoms with Gasteiger partial charge in [0.25, 0.3) is 0 Å². The van der Waals surface area contributed by atoms with Crippen LogP contribution in [0.5, 0.6) is 0 Å². The molecule has 0 radical (unpaired) electrons. The second-order valence-corrected chi connectivity index (χ2v) is 8.46. The number of nitrogens with one attached hydrogen (secondary N) is 2. The molecular formula is C22H23N3O3S. The molecule has 0 bridgehead atoms. The molecule has 0 aliphatic rings. The summed E-state index contributed by atoms with van der Waals surface area (Å²) in [6, 6.07) is 18.5. The SMILES string of the molecule is Cc1ccc(S(=O)(=O)NC(Cc2ccccc2)C(=O)NCc2ccncc2)cc1. The molecule has 1 aromatic heterocycles. The molecule has 3 aromatic rings. The van der Waals surface area contributed by atoms with Crippen molar-refractivity contribution in [2.75, 3.05) is 0 Å². The molecule has 2 N–H and O–H groups in total. The maximum Gasteiger partial charge on any atom is 0.241 e. The van der Waals surface area contributed by atoms with Crippen LogP contribution in [0.4, 0.5) is 0 Å². The molecule has 6 nitrogen and oxygen atoms in total. The Labute approximate surface area is 171 Å². The number of amides is 1. The molecule has 150 valence electrons. The fourth-order valence-corrected chi connectivity index (χ4v) is 4.02. The fourth-order valence-electron chi connectivity index (χ4n) is 2.82. The number of aryl methyl sites for hydroxylation is 1. The van der Waals surface area contributed by atoms with Gasteiger partial charge in [-0.1, -0.05) is 48.0 Å². The summed E-state index contributed by atoms with van der Waals surface area (Å²) >= 11 is 0. The minimum absolute atomic E-state index is 0.128. The number of hydrogen-bond acceptors (Lipinski definition) is 4. The van der Waals surface area contributed by atoms with E-state index in [0.717, 1.165) is 16.7 Å². The number of carbonyl (C=O) groups excluding carboxylic acids is 1. The number of rotatable bonds is 8. The van der Waals surface area contributed by atoms with Gasteiger partial charge in [0.2, 0.25) is 15.9 Å². The zero-order chi connectivity index (χ0) is 20.7. The van der Waals surface area contributed by atoms with Crippen LogP contribution in [-0.4, -0.2) is 25.4 Å². The van der Waals surface area contributed by atoms with E-state index in [1.807, 2.05) is 37.3 Å². The van der Waals surface area contributed by atoms with Crippen molar-refractivity contribution in [1.29, 1.82) is 0 Å². The molecule has 0 saturated carbocycles. The predicted octanol–water partition coefficient (Wildman–Crippen LogP) is 2.60. The average Bonchev–Trinajstić information content (AvgIpc) is 2.73. The molecule has 1 heterocycles. The standard InChI is InChI=1S/C22H23N3O3S/c1-17-7-9-20(10-8-17)29(27,28)25-21(15-18-5-3-2-4-6-18)22(26)24-16-19-11-13-23-14-12-19/h2-14,21,25H,15-16H2,1H3,(H,24,26). The summed E-state index contributed by atoms with van der Waals surface area (Å²) in [6.07, 6.45) is 3.53. The van der Waals surface area contributed by atoms with Crippen LogP contribution in [-0.2, 0) is 27.8 Å². The van der Waals surface area contributed by atoms with Crippen LogP contribution in [0.2, 0.25) is 0 Å². The van der Waals surface area contributed by atoms with E-state index in [4.69, 9.17) is 0 Å². The molecule has 1 atom stereocenters. The number of pyridine rings is 1. The van der Waals surface area contributed by atoms with E-state index in [1.165, 1.54) is 12.1 Å². The first-order chi connectivity index (χ1) is 13.9. The van der Waals surface area contributed by atoms with Gasteiger partial charge in [-0.15, -0.1) is 0 Å². The molecule has 0 saturated heterocycles. The smallest absolute Gasteiger partial charge is 0.241 e. The molecule has 1 amide bonds. The molecular weight excluding hydrogens is 386 g/mol. The van der Waals surface area contributed by atoms with Gasteiger partial charge in [0.05, 0.1) is 4.90 Å². The second kappa shape index (κ2) is 9.45. The van der Waals surface area contributed by atoms with E-state index < -0.39 is 16.1 Å². The Hall–Kier alpha value is -3.03. The second-order valence-electron chi connectivity index (χ2n) is 6.75. The number of nitrogens with zero attached hydrogens (tertiary/aromatic N) is 1. The van der Waals surface area contributed by atoms with E-state index in [1.54, 1.807) is 36.7 Å². The lowest BCUT2D eigenvalue weighted by Gasteiger charge is -2.19. The van der Waals surface area contributed by atoms with Crippen molar-refractivity contribution < 1.29 is 13.2 Å². The summed E-state index contributed by atoms with van der Waals surface area (Å²) in [7, 11) is -3.85.